The zero-order chi connectivity index (χ0) is 19.8. The van der Waals surface area contributed by atoms with Gasteiger partial charge in [0.2, 0.25) is 0 Å². The summed E-state index contributed by atoms with van der Waals surface area (Å²) >= 11 is 5.82. The highest BCUT2D eigenvalue weighted by Gasteiger charge is 2.06. The van der Waals surface area contributed by atoms with Crippen LogP contribution in [0, 0.1) is 0 Å². The molecule has 2 amide bonds. The van der Waals surface area contributed by atoms with Gasteiger partial charge in [0.15, 0.2) is 0 Å². The van der Waals surface area contributed by atoms with E-state index in [9.17, 15) is 9.59 Å². The molecular weight excluding hydrogens is 378 g/mol. The second-order valence-corrected chi connectivity index (χ2v) is 6.38. The van der Waals surface area contributed by atoms with Crippen LogP contribution in [0.2, 0.25) is 5.02 Å². The fraction of sp³-hybridized carbons (Fsp3) is 0.0952. The number of ether oxygens (including phenoxy) is 1. The van der Waals surface area contributed by atoms with Gasteiger partial charge in [-0.2, -0.15) is 0 Å². The smallest absolute Gasteiger partial charge is 0.411 e. The number of carbonyl (C=O) groups excluding carboxylic acids is 2. The highest BCUT2D eigenvalue weighted by atomic mass is 35.5. The molecule has 0 fully saturated rings. The number of pyridine rings is 1. The Morgan fingerprint density at radius 1 is 0.893 bits per heavy atom. The maximum absolute atomic E-state index is 12.0. The third-order valence-corrected chi connectivity index (χ3v) is 4.13. The van der Waals surface area contributed by atoms with E-state index in [0.717, 1.165) is 11.1 Å². The Labute approximate surface area is 167 Å². The molecule has 0 atom stereocenters. The molecule has 1 aromatic heterocycles. The minimum atomic E-state index is -0.548. The van der Waals surface area contributed by atoms with Gasteiger partial charge in [0, 0.05) is 35.2 Å². The number of benzene rings is 2. The average Bonchev–Trinajstić information content (AvgIpc) is 2.73. The van der Waals surface area contributed by atoms with Crippen molar-refractivity contribution in [2.75, 3.05) is 5.32 Å². The van der Waals surface area contributed by atoms with E-state index >= 15 is 0 Å². The van der Waals surface area contributed by atoms with Crippen LogP contribution in [0.15, 0.2) is 73.1 Å². The summed E-state index contributed by atoms with van der Waals surface area (Å²) in [5.74, 6) is -0.171. The molecular formula is C21H18ClN3O3. The molecule has 2 N–H and O–H groups in total. The number of nitrogens with zero attached hydrogens (tertiary/aromatic N) is 1. The summed E-state index contributed by atoms with van der Waals surface area (Å²) in [4.78, 5) is 27.8. The Morgan fingerprint density at radius 2 is 1.54 bits per heavy atom. The molecule has 0 aliphatic rings. The predicted molar refractivity (Wildman–Crippen MR) is 107 cm³/mol. The Balaban J connectivity index is 1.45. The van der Waals surface area contributed by atoms with Crippen molar-refractivity contribution in [3.8, 4) is 0 Å². The van der Waals surface area contributed by atoms with Crippen LogP contribution in [0.4, 0.5) is 10.5 Å². The Bertz CT molecular complexity index is 929. The molecule has 3 rings (SSSR count). The summed E-state index contributed by atoms with van der Waals surface area (Å²) in [6.45, 7) is 0.532. The van der Waals surface area contributed by atoms with Gasteiger partial charge >= 0.3 is 6.09 Å². The maximum atomic E-state index is 12.0. The van der Waals surface area contributed by atoms with Crippen LogP contribution in [0.3, 0.4) is 0 Å². The first-order valence-electron chi connectivity index (χ1n) is 8.55. The lowest BCUT2D eigenvalue weighted by molar-refractivity contribution is 0.0950. The van der Waals surface area contributed by atoms with Gasteiger partial charge < -0.3 is 10.1 Å². The van der Waals surface area contributed by atoms with Gasteiger partial charge in [-0.05, 0) is 47.5 Å². The van der Waals surface area contributed by atoms with Crippen LogP contribution < -0.4 is 10.6 Å². The summed E-state index contributed by atoms with van der Waals surface area (Å²) in [7, 11) is 0. The molecule has 0 aliphatic carbocycles. The molecule has 1 heterocycles. The largest absolute Gasteiger partial charge is 0.444 e. The van der Waals surface area contributed by atoms with Gasteiger partial charge in [0.25, 0.3) is 5.91 Å². The Kier molecular flexibility index (Phi) is 6.59. The van der Waals surface area contributed by atoms with Gasteiger partial charge in [0.1, 0.15) is 6.61 Å². The molecule has 0 saturated carbocycles. The predicted octanol–water partition coefficient (Wildman–Crippen LogP) is 4.41. The second-order valence-electron chi connectivity index (χ2n) is 5.94. The molecule has 7 heteroatoms. The standard InChI is InChI=1S/C21H18ClN3O3/c22-18-5-1-16(2-6-18)14-28-21(27)25-19-7-3-15(4-8-19)13-24-20(26)17-9-11-23-12-10-17/h1-12H,13-14H2,(H,24,26)(H,25,27). The first-order valence-corrected chi connectivity index (χ1v) is 8.93. The minimum absolute atomic E-state index is 0.155. The summed E-state index contributed by atoms with van der Waals surface area (Å²) in [6.07, 6.45) is 2.59. The average molecular weight is 396 g/mol. The van der Waals surface area contributed by atoms with Crippen LogP contribution >= 0.6 is 11.6 Å². The molecule has 0 aliphatic heterocycles. The van der Waals surface area contributed by atoms with E-state index in [0.29, 0.717) is 22.8 Å². The maximum Gasteiger partial charge on any atom is 0.411 e. The summed E-state index contributed by atoms with van der Waals surface area (Å²) in [5.41, 5.74) is 2.91. The second kappa shape index (κ2) is 9.53. The molecule has 6 nitrogen and oxygen atoms in total. The summed E-state index contributed by atoms with van der Waals surface area (Å²) < 4.78 is 5.17. The van der Waals surface area contributed by atoms with Crippen LogP contribution in [0.1, 0.15) is 21.5 Å². The van der Waals surface area contributed by atoms with E-state index in [2.05, 4.69) is 15.6 Å². The number of hydrogen-bond acceptors (Lipinski definition) is 4. The minimum Gasteiger partial charge on any atom is -0.444 e. The van der Waals surface area contributed by atoms with E-state index in [1.807, 2.05) is 12.1 Å². The zero-order valence-corrected chi connectivity index (χ0v) is 15.6. The fourth-order valence-electron chi connectivity index (χ4n) is 2.38. The summed E-state index contributed by atoms with van der Waals surface area (Å²) in [5, 5.41) is 6.12. The van der Waals surface area contributed by atoms with Crippen molar-refractivity contribution < 1.29 is 14.3 Å². The number of halogens is 1. The number of aromatic nitrogens is 1. The number of amides is 2. The number of hydrogen-bond donors (Lipinski definition) is 2. The van der Waals surface area contributed by atoms with Gasteiger partial charge in [0.05, 0.1) is 0 Å². The van der Waals surface area contributed by atoms with Gasteiger partial charge in [-0.15, -0.1) is 0 Å². The van der Waals surface area contributed by atoms with E-state index in [-0.39, 0.29) is 12.5 Å². The molecule has 0 radical (unpaired) electrons. The van der Waals surface area contributed by atoms with Crippen molar-refractivity contribution in [1.82, 2.24) is 10.3 Å². The SMILES string of the molecule is O=C(Nc1ccc(CNC(=O)c2ccncc2)cc1)OCc1ccc(Cl)cc1. The normalized spacial score (nSPS) is 10.2. The van der Waals surface area contributed by atoms with Crippen LogP contribution in [-0.2, 0) is 17.9 Å². The van der Waals surface area contributed by atoms with Crippen LogP contribution in [0.5, 0.6) is 0 Å². The third-order valence-electron chi connectivity index (χ3n) is 3.88. The van der Waals surface area contributed by atoms with Crippen molar-refractivity contribution >= 4 is 29.3 Å². The Morgan fingerprint density at radius 3 is 2.21 bits per heavy atom. The lowest BCUT2D eigenvalue weighted by Crippen LogP contribution is -2.22. The monoisotopic (exact) mass is 395 g/mol. The molecule has 0 bridgehead atoms. The highest BCUT2D eigenvalue weighted by molar-refractivity contribution is 6.30. The quantitative estimate of drug-likeness (QED) is 0.647. The van der Waals surface area contributed by atoms with Crippen molar-refractivity contribution in [1.29, 1.82) is 0 Å². The number of rotatable bonds is 6. The first kappa shape index (κ1) is 19.4. The van der Waals surface area contributed by atoms with Gasteiger partial charge in [-0.1, -0.05) is 35.9 Å². The molecule has 0 spiro atoms. The Hall–Kier alpha value is -3.38. The number of nitrogens with one attached hydrogen (secondary N) is 2. The lowest BCUT2D eigenvalue weighted by atomic mass is 10.2. The van der Waals surface area contributed by atoms with Crippen LogP contribution in [-0.4, -0.2) is 17.0 Å². The third kappa shape index (κ3) is 5.82. The molecule has 2 aromatic carbocycles. The zero-order valence-electron chi connectivity index (χ0n) is 14.9. The van der Waals surface area contributed by atoms with E-state index < -0.39 is 6.09 Å². The van der Waals surface area contributed by atoms with Gasteiger partial charge in [-0.25, -0.2) is 4.79 Å². The number of carbonyl (C=O) groups is 2. The highest BCUT2D eigenvalue weighted by Crippen LogP contribution is 2.12. The van der Waals surface area contributed by atoms with E-state index in [4.69, 9.17) is 16.3 Å². The topological polar surface area (TPSA) is 80.3 Å². The van der Waals surface area contributed by atoms with E-state index in [1.54, 1.807) is 60.9 Å². The molecule has 0 saturated heterocycles. The summed E-state index contributed by atoms with van der Waals surface area (Å²) in [6, 6.07) is 17.5. The molecule has 142 valence electrons. The van der Waals surface area contributed by atoms with Crippen molar-refractivity contribution in [3.05, 3.63) is 94.8 Å². The first-order chi connectivity index (χ1) is 13.6. The van der Waals surface area contributed by atoms with Gasteiger partial charge in [-0.3, -0.25) is 15.1 Å². The van der Waals surface area contributed by atoms with Crippen molar-refractivity contribution in [3.63, 3.8) is 0 Å². The fourth-order valence-corrected chi connectivity index (χ4v) is 2.50. The molecule has 0 unspecified atom stereocenters. The van der Waals surface area contributed by atoms with Crippen molar-refractivity contribution in [2.45, 2.75) is 13.2 Å². The lowest BCUT2D eigenvalue weighted by Gasteiger charge is -2.09. The molecule has 3 aromatic rings. The van der Waals surface area contributed by atoms with E-state index in [1.165, 1.54) is 0 Å². The molecule has 28 heavy (non-hydrogen) atoms. The van der Waals surface area contributed by atoms with Crippen LogP contribution in [0.25, 0.3) is 0 Å². The van der Waals surface area contributed by atoms with Crippen molar-refractivity contribution in [2.24, 2.45) is 0 Å². The number of anilines is 1.